The van der Waals surface area contributed by atoms with Crippen LogP contribution >= 0.6 is 0 Å². The maximum absolute atomic E-state index is 13.7. The number of carboxylic acids is 1. The third-order valence-electron chi connectivity index (χ3n) is 2.92. The molecule has 0 saturated heterocycles. The molecule has 0 amide bonds. The van der Waals surface area contributed by atoms with Crippen LogP contribution in [0.2, 0.25) is 0 Å². The van der Waals surface area contributed by atoms with E-state index in [9.17, 15) is 13.6 Å². The van der Waals surface area contributed by atoms with Crippen molar-refractivity contribution in [2.75, 3.05) is 11.9 Å². The average molecular weight is 243 g/mol. The Kier molecular flexibility index (Phi) is 4.04. The predicted octanol–water partition coefficient (Wildman–Crippen LogP) is 2.90. The highest BCUT2D eigenvalue weighted by Gasteiger charge is 2.21. The maximum atomic E-state index is 13.7. The van der Waals surface area contributed by atoms with Crippen molar-refractivity contribution in [1.82, 2.24) is 0 Å². The number of aromatic carboxylic acids is 1. The minimum absolute atomic E-state index is 0.0413. The zero-order chi connectivity index (χ0) is 13.2. The molecule has 1 atom stereocenters. The first-order chi connectivity index (χ1) is 7.90. The van der Waals surface area contributed by atoms with E-state index in [1.165, 1.54) is 6.07 Å². The minimum atomic E-state index is -1.47. The zero-order valence-electron chi connectivity index (χ0n) is 10.00. The highest BCUT2D eigenvalue weighted by molar-refractivity contribution is 5.88. The third-order valence-corrected chi connectivity index (χ3v) is 2.92. The predicted molar refractivity (Wildman–Crippen MR) is 61.5 cm³/mol. The van der Waals surface area contributed by atoms with Gasteiger partial charge in [0.1, 0.15) is 0 Å². The molecule has 94 valence electrons. The van der Waals surface area contributed by atoms with E-state index in [2.05, 4.69) is 0 Å². The van der Waals surface area contributed by atoms with Crippen LogP contribution in [0.1, 0.15) is 30.6 Å². The number of carbonyl (C=O) groups is 1. The van der Waals surface area contributed by atoms with Crippen LogP contribution < -0.4 is 4.90 Å². The van der Waals surface area contributed by atoms with E-state index in [0.29, 0.717) is 0 Å². The molecule has 1 N–H and O–H groups in total. The van der Waals surface area contributed by atoms with Crippen molar-refractivity contribution in [3.05, 3.63) is 29.3 Å². The van der Waals surface area contributed by atoms with Gasteiger partial charge in [-0.05, 0) is 25.5 Å². The molecule has 1 aromatic carbocycles. The molecule has 0 aliphatic rings. The second-order valence-electron chi connectivity index (χ2n) is 3.93. The number of carboxylic acid groups (broad SMARTS) is 1. The summed E-state index contributed by atoms with van der Waals surface area (Å²) >= 11 is 0. The van der Waals surface area contributed by atoms with Crippen molar-refractivity contribution < 1.29 is 18.7 Å². The lowest BCUT2D eigenvalue weighted by molar-refractivity contribution is 0.0690. The van der Waals surface area contributed by atoms with Crippen LogP contribution in [0.5, 0.6) is 0 Å². The SMILES string of the molecule is CCC(C)N(C)c1ccc(C(=O)O)c(F)c1F. The summed E-state index contributed by atoms with van der Waals surface area (Å²) in [6, 6.07) is 2.41. The summed E-state index contributed by atoms with van der Waals surface area (Å²) in [5.74, 6) is -3.91. The Morgan fingerprint density at radius 2 is 2.00 bits per heavy atom. The van der Waals surface area contributed by atoms with Crippen LogP contribution in [0.25, 0.3) is 0 Å². The molecular weight excluding hydrogens is 228 g/mol. The van der Waals surface area contributed by atoms with Gasteiger partial charge < -0.3 is 10.0 Å². The number of benzene rings is 1. The average Bonchev–Trinajstić information content (AvgIpc) is 2.30. The highest BCUT2D eigenvalue weighted by atomic mass is 19.2. The van der Waals surface area contributed by atoms with Gasteiger partial charge in [-0.25, -0.2) is 13.6 Å². The molecule has 0 aliphatic carbocycles. The molecule has 0 spiro atoms. The molecule has 0 heterocycles. The van der Waals surface area contributed by atoms with Crippen molar-refractivity contribution in [1.29, 1.82) is 0 Å². The van der Waals surface area contributed by atoms with Crippen LogP contribution in [0.3, 0.4) is 0 Å². The lowest BCUT2D eigenvalue weighted by Crippen LogP contribution is -2.29. The van der Waals surface area contributed by atoms with Gasteiger partial charge in [0.25, 0.3) is 0 Å². The molecule has 0 aliphatic heterocycles. The fraction of sp³-hybridized carbons (Fsp3) is 0.417. The van der Waals surface area contributed by atoms with Crippen LogP contribution in [0.4, 0.5) is 14.5 Å². The van der Waals surface area contributed by atoms with Gasteiger partial charge in [0.05, 0.1) is 11.3 Å². The molecule has 0 radical (unpaired) electrons. The Labute approximate surface area is 98.7 Å². The molecule has 0 bridgehead atoms. The number of anilines is 1. The molecule has 5 heteroatoms. The number of hydrogen-bond acceptors (Lipinski definition) is 2. The molecule has 3 nitrogen and oxygen atoms in total. The Balaban J connectivity index is 3.21. The summed E-state index contributed by atoms with van der Waals surface area (Å²) in [6.07, 6.45) is 0.776. The van der Waals surface area contributed by atoms with Gasteiger partial charge in [-0.3, -0.25) is 0 Å². The van der Waals surface area contributed by atoms with Gasteiger partial charge in [0.15, 0.2) is 11.6 Å². The normalized spacial score (nSPS) is 12.3. The topological polar surface area (TPSA) is 40.5 Å². The second-order valence-corrected chi connectivity index (χ2v) is 3.93. The Bertz CT molecular complexity index is 435. The molecule has 0 fully saturated rings. The van der Waals surface area contributed by atoms with E-state index in [0.717, 1.165) is 12.5 Å². The molecular formula is C12H15F2NO2. The molecule has 17 heavy (non-hydrogen) atoms. The summed E-state index contributed by atoms with van der Waals surface area (Å²) in [5.41, 5.74) is -0.578. The lowest BCUT2D eigenvalue weighted by Gasteiger charge is -2.26. The van der Waals surface area contributed by atoms with Crippen molar-refractivity contribution in [2.45, 2.75) is 26.3 Å². The molecule has 1 unspecified atom stereocenters. The summed E-state index contributed by atoms with van der Waals surface area (Å²) < 4.78 is 27.1. The van der Waals surface area contributed by atoms with Crippen LogP contribution in [0, 0.1) is 11.6 Å². The Morgan fingerprint density at radius 3 is 2.47 bits per heavy atom. The van der Waals surface area contributed by atoms with Crippen molar-refractivity contribution >= 4 is 11.7 Å². The first-order valence-corrected chi connectivity index (χ1v) is 5.34. The maximum Gasteiger partial charge on any atom is 0.338 e. The molecule has 1 rings (SSSR count). The summed E-state index contributed by atoms with van der Waals surface area (Å²) in [5, 5.41) is 8.65. The molecule has 0 aromatic heterocycles. The standard InChI is InChI=1S/C12H15F2NO2/c1-4-7(2)15(3)9-6-5-8(12(16)17)10(13)11(9)14/h5-7H,4H2,1-3H3,(H,16,17). The molecule has 1 aromatic rings. The van der Waals surface area contributed by atoms with E-state index in [-0.39, 0.29) is 11.7 Å². The largest absolute Gasteiger partial charge is 0.478 e. The van der Waals surface area contributed by atoms with Gasteiger partial charge in [0, 0.05) is 13.1 Å². The number of halogens is 2. The first kappa shape index (κ1) is 13.4. The van der Waals surface area contributed by atoms with Crippen LogP contribution in [-0.4, -0.2) is 24.2 Å². The number of rotatable bonds is 4. The molecule has 0 saturated carbocycles. The van der Waals surface area contributed by atoms with Crippen LogP contribution in [0.15, 0.2) is 12.1 Å². The van der Waals surface area contributed by atoms with E-state index in [4.69, 9.17) is 5.11 Å². The fourth-order valence-electron chi connectivity index (χ4n) is 1.49. The number of nitrogens with zero attached hydrogens (tertiary/aromatic N) is 1. The highest BCUT2D eigenvalue weighted by Crippen LogP contribution is 2.25. The fourth-order valence-corrected chi connectivity index (χ4v) is 1.49. The number of hydrogen-bond donors (Lipinski definition) is 1. The van der Waals surface area contributed by atoms with Gasteiger partial charge >= 0.3 is 5.97 Å². The monoisotopic (exact) mass is 243 g/mol. The van der Waals surface area contributed by atoms with E-state index >= 15 is 0 Å². The van der Waals surface area contributed by atoms with E-state index < -0.39 is 23.2 Å². The second kappa shape index (κ2) is 5.12. The summed E-state index contributed by atoms with van der Waals surface area (Å²) in [7, 11) is 1.65. The van der Waals surface area contributed by atoms with Crippen molar-refractivity contribution in [2.24, 2.45) is 0 Å². The lowest BCUT2D eigenvalue weighted by atomic mass is 10.1. The Hall–Kier alpha value is -1.65. The summed E-state index contributed by atoms with van der Waals surface area (Å²) in [6.45, 7) is 3.81. The van der Waals surface area contributed by atoms with E-state index in [1.54, 1.807) is 11.9 Å². The van der Waals surface area contributed by atoms with Gasteiger partial charge in [0.2, 0.25) is 0 Å². The van der Waals surface area contributed by atoms with Crippen molar-refractivity contribution in [3.8, 4) is 0 Å². The Morgan fingerprint density at radius 1 is 1.41 bits per heavy atom. The van der Waals surface area contributed by atoms with Crippen molar-refractivity contribution in [3.63, 3.8) is 0 Å². The van der Waals surface area contributed by atoms with Gasteiger partial charge in [-0.15, -0.1) is 0 Å². The van der Waals surface area contributed by atoms with Gasteiger partial charge in [-0.1, -0.05) is 6.92 Å². The smallest absolute Gasteiger partial charge is 0.338 e. The van der Waals surface area contributed by atoms with Gasteiger partial charge in [-0.2, -0.15) is 0 Å². The zero-order valence-corrected chi connectivity index (χ0v) is 10.00. The minimum Gasteiger partial charge on any atom is -0.478 e. The van der Waals surface area contributed by atoms with E-state index in [1.807, 2.05) is 13.8 Å². The third kappa shape index (κ3) is 2.54. The first-order valence-electron chi connectivity index (χ1n) is 5.34. The summed E-state index contributed by atoms with van der Waals surface area (Å²) in [4.78, 5) is 12.2. The quantitative estimate of drug-likeness (QED) is 0.883. The van der Waals surface area contributed by atoms with Crippen LogP contribution in [-0.2, 0) is 0 Å².